The van der Waals surface area contributed by atoms with E-state index in [1.165, 1.54) is 0 Å². The van der Waals surface area contributed by atoms with Crippen LogP contribution in [-0.4, -0.2) is 19.1 Å². The number of fused-ring (bicyclic) bond motifs is 1. The van der Waals surface area contributed by atoms with E-state index in [4.69, 9.17) is 4.42 Å². The molecule has 2 aromatic carbocycles. The summed E-state index contributed by atoms with van der Waals surface area (Å²) in [6.45, 7) is 0. The van der Waals surface area contributed by atoms with Gasteiger partial charge in [0.05, 0.1) is 23.6 Å². The van der Waals surface area contributed by atoms with Gasteiger partial charge in [-0.25, -0.2) is 9.97 Å². The van der Waals surface area contributed by atoms with Gasteiger partial charge in [-0.15, -0.1) is 0 Å². The number of hydrogen-bond acceptors (Lipinski definition) is 3. The van der Waals surface area contributed by atoms with E-state index >= 15 is 0 Å². The fourth-order valence-corrected chi connectivity index (χ4v) is 3.03. The molecule has 0 aliphatic heterocycles. The van der Waals surface area contributed by atoms with Crippen LogP contribution in [-0.2, 0) is 0 Å². The second kappa shape index (κ2) is 5.49. The van der Waals surface area contributed by atoms with Crippen molar-refractivity contribution in [3.05, 3.63) is 85.9 Å². The number of hydrogen-bond donors (Lipinski definition) is 0. The molecule has 5 heteroatoms. The first-order chi connectivity index (χ1) is 12.4. The molecule has 0 bridgehead atoms. The van der Waals surface area contributed by atoms with Gasteiger partial charge in [-0.1, -0.05) is 6.07 Å². The van der Waals surface area contributed by atoms with Crippen molar-refractivity contribution in [3.8, 4) is 22.7 Å². The lowest BCUT2D eigenvalue weighted by molar-refractivity contribution is 0.582. The fourth-order valence-electron chi connectivity index (χ4n) is 3.03. The number of furan rings is 1. The van der Waals surface area contributed by atoms with E-state index in [1.54, 1.807) is 18.8 Å². The summed E-state index contributed by atoms with van der Waals surface area (Å²) in [5.41, 5.74) is 5.12. The van der Waals surface area contributed by atoms with Crippen molar-refractivity contribution in [1.82, 2.24) is 19.1 Å². The van der Waals surface area contributed by atoms with E-state index < -0.39 is 0 Å². The van der Waals surface area contributed by atoms with Crippen LogP contribution >= 0.6 is 0 Å². The van der Waals surface area contributed by atoms with E-state index in [9.17, 15) is 0 Å². The third-order valence-corrected chi connectivity index (χ3v) is 4.26. The highest BCUT2D eigenvalue weighted by atomic mass is 16.3. The van der Waals surface area contributed by atoms with Gasteiger partial charge in [0.15, 0.2) is 0 Å². The normalized spacial score (nSPS) is 11.2. The number of imidazole rings is 2. The monoisotopic (exact) mass is 326 g/mol. The lowest BCUT2D eigenvalue weighted by Gasteiger charge is -2.08. The highest BCUT2D eigenvalue weighted by molar-refractivity contribution is 5.82. The van der Waals surface area contributed by atoms with Crippen LogP contribution in [0.25, 0.3) is 33.7 Å². The molecule has 3 aromatic heterocycles. The minimum atomic E-state index is 0.846. The van der Waals surface area contributed by atoms with Gasteiger partial charge < -0.3 is 8.98 Å². The molecule has 5 rings (SSSR count). The van der Waals surface area contributed by atoms with Gasteiger partial charge in [0, 0.05) is 29.3 Å². The minimum Gasteiger partial charge on any atom is -0.464 e. The summed E-state index contributed by atoms with van der Waals surface area (Å²) in [6.07, 6.45) is 9.03. The van der Waals surface area contributed by atoms with Crippen molar-refractivity contribution in [2.24, 2.45) is 0 Å². The van der Waals surface area contributed by atoms with Gasteiger partial charge >= 0.3 is 0 Å². The molecule has 0 aliphatic rings. The van der Waals surface area contributed by atoms with Gasteiger partial charge in [-0.2, -0.15) is 0 Å². The second-order valence-corrected chi connectivity index (χ2v) is 5.79. The zero-order valence-corrected chi connectivity index (χ0v) is 13.3. The first-order valence-corrected chi connectivity index (χ1v) is 7.98. The molecule has 0 atom stereocenters. The van der Waals surface area contributed by atoms with Crippen LogP contribution in [0.5, 0.6) is 0 Å². The van der Waals surface area contributed by atoms with Crippen LogP contribution in [0, 0.1) is 0 Å². The molecule has 120 valence electrons. The molecule has 0 N–H and O–H groups in total. The summed E-state index contributed by atoms with van der Waals surface area (Å²) in [4.78, 5) is 8.67. The second-order valence-electron chi connectivity index (χ2n) is 5.79. The number of rotatable bonds is 3. The molecule has 0 spiro atoms. The summed E-state index contributed by atoms with van der Waals surface area (Å²) >= 11 is 0. The van der Waals surface area contributed by atoms with Crippen molar-refractivity contribution in [2.75, 3.05) is 0 Å². The molecule has 5 aromatic rings. The van der Waals surface area contributed by atoms with Crippen molar-refractivity contribution >= 4 is 11.0 Å². The fraction of sp³-hybridized carbons (Fsp3) is 0. The number of aromatic nitrogens is 4. The molecular weight excluding hydrogens is 312 g/mol. The Labute approximate surface area is 143 Å². The SMILES string of the molecule is c1cc(-n2ccnc2)cc(-n2cnc3cc(-c4ccco4)ccc32)c1. The summed E-state index contributed by atoms with van der Waals surface area (Å²) in [5.74, 6) is 0.846. The lowest BCUT2D eigenvalue weighted by atomic mass is 10.1. The Morgan fingerprint density at radius 3 is 2.68 bits per heavy atom. The Morgan fingerprint density at radius 1 is 0.880 bits per heavy atom. The van der Waals surface area contributed by atoms with Gasteiger partial charge in [0.25, 0.3) is 0 Å². The van der Waals surface area contributed by atoms with Gasteiger partial charge in [0.1, 0.15) is 12.1 Å². The van der Waals surface area contributed by atoms with Crippen molar-refractivity contribution < 1.29 is 4.42 Å². The van der Waals surface area contributed by atoms with Crippen molar-refractivity contribution in [1.29, 1.82) is 0 Å². The van der Waals surface area contributed by atoms with Gasteiger partial charge in [0.2, 0.25) is 0 Å². The largest absolute Gasteiger partial charge is 0.464 e. The average Bonchev–Trinajstić information content (AvgIpc) is 3.42. The van der Waals surface area contributed by atoms with Crippen LogP contribution in [0.3, 0.4) is 0 Å². The number of nitrogens with zero attached hydrogens (tertiary/aromatic N) is 4. The lowest BCUT2D eigenvalue weighted by Crippen LogP contribution is -1.95. The standard InChI is InChI=1S/C20H14N4O/c1-3-16(23-9-8-21-13-23)12-17(4-1)24-14-22-18-11-15(6-7-19(18)24)20-5-2-10-25-20/h1-14H. The summed E-state index contributed by atoms with van der Waals surface area (Å²) < 4.78 is 9.54. The Bertz CT molecular complexity index is 1140. The Hall–Kier alpha value is -3.60. The van der Waals surface area contributed by atoms with E-state index in [1.807, 2.05) is 41.4 Å². The zero-order chi connectivity index (χ0) is 16.6. The highest BCUT2D eigenvalue weighted by Crippen LogP contribution is 2.26. The van der Waals surface area contributed by atoms with Crippen LogP contribution < -0.4 is 0 Å². The third kappa shape index (κ3) is 2.33. The minimum absolute atomic E-state index is 0.846. The molecule has 0 fully saturated rings. The van der Waals surface area contributed by atoms with Gasteiger partial charge in [-0.3, -0.25) is 4.57 Å². The van der Waals surface area contributed by atoms with Crippen LogP contribution in [0.2, 0.25) is 0 Å². The Balaban J connectivity index is 1.61. The van der Waals surface area contributed by atoms with Crippen molar-refractivity contribution in [2.45, 2.75) is 0 Å². The molecule has 0 amide bonds. The molecular formula is C20H14N4O. The Kier molecular flexibility index (Phi) is 3.03. The maximum Gasteiger partial charge on any atom is 0.133 e. The van der Waals surface area contributed by atoms with Gasteiger partial charge in [-0.05, 0) is 48.5 Å². The van der Waals surface area contributed by atoms with E-state index in [-0.39, 0.29) is 0 Å². The van der Waals surface area contributed by atoms with E-state index in [0.29, 0.717) is 0 Å². The number of benzene rings is 2. The highest BCUT2D eigenvalue weighted by Gasteiger charge is 2.08. The van der Waals surface area contributed by atoms with E-state index in [0.717, 1.165) is 33.7 Å². The molecule has 3 heterocycles. The molecule has 0 aliphatic carbocycles. The first kappa shape index (κ1) is 13.8. The summed E-state index contributed by atoms with van der Waals surface area (Å²) in [7, 11) is 0. The maximum absolute atomic E-state index is 5.47. The van der Waals surface area contributed by atoms with E-state index in [2.05, 4.69) is 44.9 Å². The molecule has 25 heavy (non-hydrogen) atoms. The molecule has 0 radical (unpaired) electrons. The zero-order valence-electron chi connectivity index (χ0n) is 13.3. The topological polar surface area (TPSA) is 48.8 Å². The predicted octanol–water partition coefficient (Wildman–Crippen LogP) is 4.47. The first-order valence-electron chi connectivity index (χ1n) is 7.98. The summed E-state index contributed by atoms with van der Waals surface area (Å²) in [6, 6.07) is 18.3. The third-order valence-electron chi connectivity index (χ3n) is 4.26. The predicted molar refractivity (Wildman–Crippen MR) is 95.9 cm³/mol. The molecule has 0 unspecified atom stereocenters. The molecule has 0 saturated carbocycles. The smallest absolute Gasteiger partial charge is 0.133 e. The quantitative estimate of drug-likeness (QED) is 0.491. The molecule has 0 saturated heterocycles. The maximum atomic E-state index is 5.47. The molecule has 5 nitrogen and oxygen atoms in total. The Morgan fingerprint density at radius 2 is 1.84 bits per heavy atom. The van der Waals surface area contributed by atoms with Crippen LogP contribution in [0.15, 0.2) is 90.3 Å². The summed E-state index contributed by atoms with van der Waals surface area (Å²) in [5, 5.41) is 0. The average molecular weight is 326 g/mol. The van der Waals surface area contributed by atoms with Crippen LogP contribution in [0.4, 0.5) is 0 Å². The van der Waals surface area contributed by atoms with Crippen LogP contribution in [0.1, 0.15) is 0 Å². The van der Waals surface area contributed by atoms with Crippen molar-refractivity contribution in [3.63, 3.8) is 0 Å².